The highest BCUT2D eigenvalue weighted by molar-refractivity contribution is 5.62. The van der Waals surface area contributed by atoms with Crippen molar-refractivity contribution in [2.45, 2.75) is 45.4 Å². The molecule has 1 aromatic carbocycles. The molecule has 1 saturated carbocycles. The lowest BCUT2D eigenvalue weighted by molar-refractivity contribution is 0.261. The standard InChI is InChI=1S/C18H21F2N/c1-2-3-13-4-8-15(9-5-13)17(19)18(20)16-10-6-14(12-21)7-11-16/h6-7,10-11,13,15H,2-5,8-9H2,1H3/b18-17+. The molecule has 0 bridgehead atoms. The fraction of sp³-hybridized carbons (Fsp3) is 0.500. The fourth-order valence-electron chi connectivity index (χ4n) is 3.12. The number of rotatable bonds is 4. The Labute approximate surface area is 125 Å². The smallest absolute Gasteiger partial charge is 0.162 e. The van der Waals surface area contributed by atoms with E-state index in [1.807, 2.05) is 6.07 Å². The maximum Gasteiger partial charge on any atom is 0.162 e. The van der Waals surface area contributed by atoms with Crippen LogP contribution in [0.2, 0.25) is 0 Å². The van der Waals surface area contributed by atoms with Crippen molar-refractivity contribution < 1.29 is 8.78 Å². The largest absolute Gasteiger partial charge is 0.208 e. The molecule has 1 fully saturated rings. The molecule has 1 nitrogen and oxygen atoms in total. The number of benzene rings is 1. The molecular weight excluding hydrogens is 268 g/mol. The van der Waals surface area contributed by atoms with Crippen LogP contribution in [0.5, 0.6) is 0 Å². The number of hydrogen-bond acceptors (Lipinski definition) is 1. The highest BCUT2D eigenvalue weighted by atomic mass is 19.2. The summed E-state index contributed by atoms with van der Waals surface area (Å²) in [5, 5.41) is 8.72. The Balaban J connectivity index is 2.06. The van der Waals surface area contributed by atoms with Gasteiger partial charge < -0.3 is 0 Å². The molecule has 1 aromatic rings. The second-order valence-electron chi connectivity index (χ2n) is 5.86. The molecule has 2 rings (SSSR count). The lowest BCUT2D eigenvalue weighted by atomic mass is 9.79. The van der Waals surface area contributed by atoms with Crippen LogP contribution in [-0.4, -0.2) is 0 Å². The Morgan fingerprint density at radius 3 is 2.29 bits per heavy atom. The zero-order valence-electron chi connectivity index (χ0n) is 12.4. The van der Waals surface area contributed by atoms with Gasteiger partial charge in [0.05, 0.1) is 11.6 Å². The summed E-state index contributed by atoms with van der Waals surface area (Å²) in [6, 6.07) is 7.94. The Hall–Kier alpha value is -1.69. The van der Waals surface area contributed by atoms with E-state index in [1.54, 1.807) is 0 Å². The molecule has 0 atom stereocenters. The van der Waals surface area contributed by atoms with Gasteiger partial charge in [0.1, 0.15) is 5.83 Å². The Bertz CT molecular complexity index is 531. The van der Waals surface area contributed by atoms with Gasteiger partial charge in [0.15, 0.2) is 5.83 Å². The molecule has 0 radical (unpaired) electrons. The number of nitrogens with zero attached hydrogens (tertiary/aromatic N) is 1. The predicted octanol–water partition coefficient (Wildman–Crippen LogP) is 5.77. The summed E-state index contributed by atoms with van der Waals surface area (Å²) in [5.74, 6) is -0.987. The summed E-state index contributed by atoms with van der Waals surface area (Å²) in [7, 11) is 0. The normalized spacial score (nSPS) is 23.3. The highest BCUT2D eigenvalue weighted by Gasteiger charge is 2.26. The van der Waals surface area contributed by atoms with Crippen LogP contribution in [0.15, 0.2) is 30.1 Å². The van der Waals surface area contributed by atoms with Crippen LogP contribution >= 0.6 is 0 Å². The van der Waals surface area contributed by atoms with Crippen LogP contribution in [0.3, 0.4) is 0 Å². The van der Waals surface area contributed by atoms with Gasteiger partial charge >= 0.3 is 0 Å². The number of halogens is 2. The first kappa shape index (κ1) is 15.7. The molecule has 0 aromatic heterocycles. The lowest BCUT2D eigenvalue weighted by Crippen LogP contribution is -2.15. The minimum atomic E-state index is -0.765. The zero-order valence-corrected chi connectivity index (χ0v) is 12.4. The second-order valence-corrected chi connectivity index (χ2v) is 5.86. The van der Waals surface area contributed by atoms with Crippen molar-refractivity contribution in [2.75, 3.05) is 0 Å². The van der Waals surface area contributed by atoms with E-state index in [2.05, 4.69) is 6.92 Å². The van der Waals surface area contributed by atoms with Gasteiger partial charge in [-0.1, -0.05) is 31.9 Å². The SMILES string of the molecule is CCCC1CCC(/C(F)=C(\F)c2ccc(C#N)cc2)CC1. The minimum absolute atomic E-state index is 0.224. The van der Waals surface area contributed by atoms with E-state index in [0.29, 0.717) is 11.5 Å². The van der Waals surface area contributed by atoms with Crippen LogP contribution < -0.4 is 0 Å². The van der Waals surface area contributed by atoms with Crippen molar-refractivity contribution in [3.05, 3.63) is 41.2 Å². The summed E-state index contributed by atoms with van der Waals surface area (Å²) < 4.78 is 28.5. The van der Waals surface area contributed by atoms with Gasteiger partial charge in [0.2, 0.25) is 0 Å². The zero-order chi connectivity index (χ0) is 15.2. The molecule has 3 heteroatoms. The summed E-state index contributed by atoms with van der Waals surface area (Å²) in [6.45, 7) is 2.16. The summed E-state index contributed by atoms with van der Waals surface area (Å²) in [4.78, 5) is 0. The van der Waals surface area contributed by atoms with Crippen LogP contribution in [0.1, 0.15) is 56.6 Å². The second kappa shape index (κ2) is 7.36. The quantitative estimate of drug-likeness (QED) is 0.690. The van der Waals surface area contributed by atoms with Gasteiger partial charge in [-0.25, -0.2) is 8.78 Å². The molecule has 0 saturated heterocycles. The van der Waals surface area contributed by atoms with Crippen LogP contribution in [-0.2, 0) is 0 Å². The summed E-state index contributed by atoms with van der Waals surface area (Å²) in [6.07, 6.45) is 5.81. The average Bonchev–Trinajstić information content (AvgIpc) is 2.54. The average molecular weight is 289 g/mol. The molecule has 112 valence electrons. The van der Waals surface area contributed by atoms with Crippen LogP contribution in [0.4, 0.5) is 8.78 Å². The van der Waals surface area contributed by atoms with Gasteiger partial charge in [0, 0.05) is 11.5 Å². The first-order valence-corrected chi connectivity index (χ1v) is 7.71. The molecule has 0 N–H and O–H groups in total. The molecule has 1 aliphatic rings. The topological polar surface area (TPSA) is 23.8 Å². The summed E-state index contributed by atoms with van der Waals surface area (Å²) in [5.41, 5.74) is 0.675. The van der Waals surface area contributed by atoms with E-state index in [-0.39, 0.29) is 11.5 Å². The molecule has 0 amide bonds. The highest BCUT2D eigenvalue weighted by Crippen LogP contribution is 2.38. The van der Waals surface area contributed by atoms with Gasteiger partial charge in [-0.3, -0.25) is 0 Å². The van der Waals surface area contributed by atoms with E-state index in [1.165, 1.54) is 30.7 Å². The third-order valence-corrected chi connectivity index (χ3v) is 4.38. The van der Waals surface area contributed by atoms with E-state index in [4.69, 9.17) is 5.26 Å². The Morgan fingerprint density at radius 2 is 1.76 bits per heavy atom. The van der Waals surface area contributed by atoms with Gasteiger partial charge in [0.25, 0.3) is 0 Å². The van der Waals surface area contributed by atoms with Crippen LogP contribution in [0.25, 0.3) is 5.83 Å². The van der Waals surface area contributed by atoms with Crippen molar-refractivity contribution in [3.8, 4) is 6.07 Å². The van der Waals surface area contributed by atoms with Gasteiger partial charge in [-0.05, 0) is 43.7 Å². The van der Waals surface area contributed by atoms with Crippen LogP contribution in [0, 0.1) is 23.2 Å². The molecule has 0 unspecified atom stereocenters. The number of hydrogen-bond donors (Lipinski definition) is 0. The fourth-order valence-corrected chi connectivity index (χ4v) is 3.12. The van der Waals surface area contributed by atoms with Gasteiger partial charge in [-0.2, -0.15) is 5.26 Å². The van der Waals surface area contributed by atoms with E-state index < -0.39 is 11.7 Å². The van der Waals surface area contributed by atoms with Crippen molar-refractivity contribution in [2.24, 2.45) is 11.8 Å². The Morgan fingerprint density at radius 1 is 1.14 bits per heavy atom. The summed E-state index contributed by atoms with van der Waals surface area (Å²) >= 11 is 0. The maximum absolute atomic E-state index is 14.3. The first-order valence-electron chi connectivity index (χ1n) is 7.71. The maximum atomic E-state index is 14.3. The predicted molar refractivity (Wildman–Crippen MR) is 80.6 cm³/mol. The third kappa shape index (κ3) is 3.91. The Kier molecular flexibility index (Phi) is 5.50. The van der Waals surface area contributed by atoms with Crippen molar-refractivity contribution in [1.29, 1.82) is 5.26 Å². The number of nitriles is 1. The molecule has 0 spiro atoms. The first-order chi connectivity index (χ1) is 10.2. The lowest BCUT2D eigenvalue weighted by Gasteiger charge is -2.27. The van der Waals surface area contributed by atoms with Crippen molar-refractivity contribution in [3.63, 3.8) is 0 Å². The molecule has 21 heavy (non-hydrogen) atoms. The monoisotopic (exact) mass is 289 g/mol. The van der Waals surface area contributed by atoms with E-state index in [9.17, 15) is 8.78 Å². The molecular formula is C18H21F2N. The molecule has 1 aliphatic carbocycles. The number of allylic oxidation sites excluding steroid dienone is 1. The van der Waals surface area contributed by atoms with E-state index >= 15 is 0 Å². The van der Waals surface area contributed by atoms with E-state index in [0.717, 1.165) is 32.1 Å². The third-order valence-electron chi connectivity index (χ3n) is 4.38. The molecule has 0 aliphatic heterocycles. The molecule has 0 heterocycles. The van der Waals surface area contributed by atoms with Gasteiger partial charge in [-0.15, -0.1) is 0 Å². The van der Waals surface area contributed by atoms with Crippen molar-refractivity contribution in [1.82, 2.24) is 0 Å². The minimum Gasteiger partial charge on any atom is -0.208 e. The van der Waals surface area contributed by atoms with Crippen molar-refractivity contribution >= 4 is 5.83 Å².